The number of para-hydroxylation sites is 1. The van der Waals surface area contributed by atoms with Crippen molar-refractivity contribution < 1.29 is 4.79 Å². The number of anilines is 1. The van der Waals surface area contributed by atoms with Crippen molar-refractivity contribution >= 4 is 22.9 Å². The Labute approximate surface area is 123 Å². The van der Waals surface area contributed by atoms with Crippen LogP contribution >= 0.6 is 11.3 Å². The average molecular weight is 286 g/mol. The van der Waals surface area contributed by atoms with Crippen LogP contribution in [0, 0.1) is 5.92 Å². The molecule has 1 aromatic carbocycles. The van der Waals surface area contributed by atoms with Crippen molar-refractivity contribution in [2.45, 2.75) is 19.4 Å². The Morgan fingerprint density at radius 2 is 2.15 bits per heavy atom. The summed E-state index contributed by atoms with van der Waals surface area (Å²) in [6.07, 6.45) is 1.06. The molecule has 2 heterocycles. The highest BCUT2D eigenvalue weighted by atomic mass is 32.1. The van der Waals surface area contributed by atoms with Crippen molar-refractivity contribution in [3.05, 3.63) is 41.8 Å². The molecule has 1 saturated heterocycles. The van der Waals surface area contributed by atoms with Gasteiger partial charge in [0.15, 0.2) is 0 Å². The van der Waals surface area contributed by atoms with E-state index in [4.69, 9.17) is 0 Å². The van der Waals surface area contributed by atoms with Crippen LogP contribution < -0.4 is 10.6 Å². The van der Waals surface area contributed by atoms with Gasteiger partial charge in [0.05, 0.1) is 6.04 Å². The van der Waals surface area contributed by atoms with Crippen LogP contribution in [0.5, 0.6) is 0 Å². The van der Waals surface area contributed by atoms with Crippen LogP contribution in [0.1, 0.15) is 13.3 Å². The van der Waals surface area contributed by atoms with E-state index < -0.39 is 0 Å². The summed E-state index contributed by atoms with van der Waals surface area (Å²) < 4.78 is 0. The molecule has 2 N–H and O–H groups in total. The standard InChI is InChI=1S/C16H18N2OS/c1-11-8-9-17-15(11)16(19)18-13-6-3-2-5-12(13)14-7-4-10-20-14/h2-7,10-11,15,17H,8-9H2,1H3,(H,18,19). The van der Waals surface area contributed by atoms with Crippen LogP contribution in [0.25, 0.3) is 10.4 Å². The third-order valence-corrected chi connectivity index (χ3v) is 4.69. The van der Waals surface area contributed by atoms with Gasteiger partial charge >= 0.3 is 0 Å². The minimum Gasteiger partial charge on any atom is -0.324 e. The third kappa shape index (κ3) is 2.62. The van der Waals surface area contributed by atoms with Gasteiger partial charge in [0.1, 0.15) is 0 Å². The molecule has 1 aliphatic rings. The quantitative estimate of drug-likeness (QED) is 0.908. The van der Waals surface area contributed by atoms with Crippen LogP contribution in [-0.4, -0.2) is 18.5 Å². The lowest BCUT2D eigenvalue weighted by Gasteiger charge is -2.17. The van der Waals surface area contributed by atoms with E-state index in [9.17, 15) is 4.79 Å². The van der Waals surface area contributed by atoms with Crippen LogP contribution in [0.4, 0.5) is 5.69 Å². The fourth-order valence-corrected chi connectivity index (χ4v) is 3.40. The summed E-state index contributed by atoms with van der Waals surface area (Å²) in [5.41, 5.74) is 1.97. The molecule has 2 atom stereocenters. The van der Waals surface area contributed by atoms with E-state index >= 15 is 0 Å². The summed E-state index contributed by atoms with van der Waals surface area (Å²) in [7, 11) is 0. The molecule has 0 bridgehead atoms. The van der Waals surface area contributed by atoms with Gasteiger partial charge in [-0.3, -0.25) is 4.79 Å². The predicted octanol–water partition coefficient (Wildman–Crippen LogP) is 3.35. The lowest BCUT2D eigenvalue weighted by Crippen LogP contribution is -2.39. The molecule has 1 fully saturated rings. The van der Waals surface area contributed by atoms with Gasteiger partial charge in [0.25, 0.3) is 0 Å². The van der Waals surface area contributed by atoms with Gasteiger partial charge in [0.2, 0.25) is 5.91 Å². The lowest BCUT2D eigenvalue weighted by atomic mass is 10.0. The zero-order chi connectivity index (χ0) is 13.9. The number of hydrogen-bond acceptors (Lipinski definition) is 3. The van der Waals surface area contributed by atoms with Crippen LogP contribution in [0.15, 0.2) is 41.8 Å². The van der Waals surface area contributed by atoms with E-state index in [0.29, 0.717) is 5.92 Å². The van der Waals surface area contributed by atoms with E-state index in [-0.39, 0.29) is 11.9 Å². The molecule has 0 saturated carbocycles. The summed E-state index contributed by atoms with van der Waals surface area (Å²) in [6.45, 7) is 3.04. The largest absolute Gasteiger partial charge is 0.324 e. The van der Waals surface area contributed by atoms with E-state index in [1.165, 1.54) is 4.88 Å². The molecule has 0 radical (unpaired) electrons. The molecule has 3 nitrogen and oxygen atoms in total. The molecule has 2 aromatic rings. The number of thiophene rings is 1. The Kier molecular flexibility index (Phi) is 3.85. The van der Waals surface area contributed by atoms with E-state index in [1.807, 2.05) is 30.3 Å². The van der Waals surface area contributed by atoms with Crippen LogP contribution in [0.3, 0.4) is 0 Å². The Morgan fingerprint density at radius 3 is 2.85 bits per heavy atom. The molecule has 2 unspecified atom stereocenters. The highest BCUT2D eigenvalue weighted by Gasteiger charge is 2.29. The van der Waals surface area contributed by atoms with Gasteiger partial charge in [-0.15, -0.1) is 11.3 Å². The summed E-state index contributed by atoms with van der Waals surface area (Å²) >= 11 is 1.68. The maximum atomic E-state index is 12.4. The molecule has 1 amide bonds. The number of benzene rings is 1. The molecule has 0 spiro atoms. The first-order chi connectivity index (χ1) is 9.75. The smallest absolute Gasteiger partial charge is 0.241 e. The van der Waals surface area contributed by atoms with Gasteiger partial charge in [-0.25, -0.2) is 0 Å². The van der Waals surface area contributed by atoms with E-state index in [0.717, 1.165) is 24.2 Å². The Hall–Kier alpha value is -1.65. The minimum atomic E-state index is -0.0774. The average Bonchev–Trinajstić information content (AvgIpc) is 3.10. The van der Waals surface area contributed by atoms with Crippen molar-refractivity contribution in [2.24, 2.45) is 5.92 Å². The summed E-state index contributed by atoms with van der Waals surface area (Å²) in [4.78, 5) is 13.6. The van der Waals surface area contributed by atoms with Crippen molar-refractivity contribution in [1.82, 2.24) is 5.32 Å². The Bertz CT molecular complexity index is 594. The number of carbonyl (C=O) groups excluding carboxylic acids is 1. The molecule has 1 aromatic heterocycles. The van der Waals surface area contributed by atoms with E-state index in [2.05, 4.69) is 29.0 Å². The first-order valence-electron chi connectivity index (χ1n) is 6.93. The predicted molar refractivity (Wildman–Crippen MR) is 84.0 cm³/mol. The maximum absolute atomic E-state index is 12.4. The van der Waals surface area contributed by atoms with Gasteiger partial charge in [-0.1, -0.05) is 31.2 Å². The molecule has 1 aliphatic heterocycles. The van der Waals surface area contributed by atoms with Gasteiger partial charge in [-0.2, -0.15) is 0 Å². The molecule has 0 aliphatic carbocycles. The van der Waals surface area contributed by atoms with Crippen molar-refractivity contribution in [3.63, 3.8) is 0 Å². The SMILES string of the molecule is CC1CCNC1C(=O)Nc1ccccc1-c1cccs1. The molecular formula is C16H18N2OS. The zero-order valence-corrected chi connectivity index (χ0v) is 12.2. The first kappa shape index (κ1) is 13.3. The first-order valence-corrected chi connectivity index (χ1v) is 7.81. The fourth-order valence-electron chi connectivity index (χ4n) is 2.63. The van der Waals surface area contributed by atoms with Crippen LogP contribution in [0.2, 0.25) is 0 Å². The summed E-state index contributed by atoms with van der Waals surface area (Å²) in [5, 5.41) is 8.40. The Morgan fingerprint density at radius 1 is 1.30 bits per heavy atom. The highest BCUT2D eigenvalue weighted by molar-refractivity contribution is 7.13. The minimum absolute atomic E-state index is 0.0685. The number of carbonyl (C=O) groups is 1. The van der Waals surface area contributed by atoms with Gasteiger partial charge in [0, 0.05) is 16.1 Å². The fraction of sp³-hybridized carbons (Fsp3) is 0.312. The van der Waals surface area contributed by atoms with Crippen molar-refractivity contribution in [2.75, 3.05) is 11.9 Å². The molecular weight excluding hydrogens is 268 g/mol. The second-order valence-corrected chi connectivity index (χ2v) is 6.16. The molecule has 4 heteroatoms. The lowest BCUT2D eigenvalue weighted by molar-refractivity contribution is -0.118. The number of rotatable bonds is 3. The monoisotopic (exact) mass is 286 g/mol. The van der Waals surface area contributed by atoms with Gasteiger partial charge < -0.3 is 10.6 Å². The van der Waals surface area contributed by atoms with Crippen LogP contribution in [-0.2, 0) is 4.79 Å². The topological polar surface area (TPSA) is 41.1 Å². The second kappa shape index (κ2) is 5.77. The third-order valence-electron chi connectivity index (χ3n) is 3.79. The zero-order valence-electron chi connectivity index (χ0n) is 11.4. The normalized spacial score (nSPS) is 21.9. The second-order valence-electron chi connectivity index (χ2n) is 5.21. The number of amides is 1. The van der Waals surface area contributed by atoms with Crippen molar-refractivity contribution in [3.8, 4) is 10.4 Å². The highest BCUT2D eigenvalue weighted by Crippen LogP contribution is 2.31. The number of hydrogen-bond donors (Lipinski definition) is 2. The summed E-state index contributed by atoms with van der Waals surface area (Å²) in [6, 6.07) is 12.0. The summed E-state index contributed by atoms with van der Waals surface area (Å²) in [5.74, 6) is 0.461. The van der Waals surface area contributed by atoms with Crippen molar-refractivity contribution in [1.29, 1.82) is 0 Å². The Balaban J connectivity index is 1.83. The molecule has 20 heavy (non-hydrogen) atoms. The maximum Gasteiger partial charge on any atom is 0.241 e. The molecule has 104 valence electrons. The van der Waals surface area contributed by atoms with E-state index in [1.54, 1.807) is 11.3 Å². The molecule has 3 rings (SSSR count). The number of nitrogens with one attached hydrogen (secondary N) is 2. The van der Waals surface area contributed by atoms with Gasteiger partial charge in [-0.05, 0) is 36.4 Å².